The van der Waals surface area contributed by atoms with Crippen LogP contribution >= 0.6 is 34.9 Å². The lowest BCUT2D eigenvalue weighted by molar-refractivity contribution is -0.150. The SMILES string of the molecule is O=C(Cc1ccccc1)N[C@@H]1C(=O)N2C(C(=O)O)=C(Sc3ccccc3-c3cccs3)CS[C@@H]12. The summed E-state index contributed by atoms with van der Waals surface area (Å²) in [5, 5.41) is 14.4. The molecule has 2 N–H and O–H groups in total. The van der Waals surface area contributed by atoms with Crippen LogP contribution in [0.5, 0.6) is 0 Å². The van der Waals surface area contributed by atoms with Crippen molar-refractivity contribution in [2.24, 2.45) is 0 Å². The van der Waals surface area contributed by atoms with Crippen molar-refractivity contribution >= 4 is 52.6 Å². The van der Waals surface area contributed by atoms with Gasteiger partial charge in [0.2, 0.25) is 5.91 Å². The molecular formula is C25H20N2O4S3. The molecule has 172 valence electrons. The van der Waals surface area contributed by atoms with Crippen molar-refractivity contribution in [3.63, 3.8) is 0 Å². The van der Waals surface area contributed by atoms with Gasteiger partial charge >= 0.3 is 5.97 Å². The van der Waals surface area contributed by atoms with Crippen molar-refractivity contribution in [1.82, 2.24) is 10.2 Å². The maximum atomic E-state index is 12.9. The van der Waals surface area contributed by atoms with E-state index in [2.05, 4.69) is 5.32 Å². The van der Waals surface area contributed by atoms with E-state index in [0.717, 1.165) is 20.9 Å². The molecule has 3 heterocycles. The minimum Gasteiger partial charge on any atom is -0.477 e. The third-order valence-corrected chi connectivity index (χ3v) is 9.09. The number of fused-ring (bicyclic) bond motifs is 1. The highest BCUT2D eigenvalue weighted by Gasteiger charge is 2.54. The number of amides is 2. The molecule has 0 spiro atoms. The van der Waals surface area contributed by atoms with Crippen LogP contribution in [0.1, 0.15) is 5.56 Å². The number of rotatable bonds is 7. The molecule has 0 unspecified atom stereocenters. The highest BCUT2D eigenvalue weighted by atomic mass is 32.2. The predicted molar refractivity (Wildman–Crippen MR) is 135 cm³/mol. The Bertz CT molecular complexity index is 1270. The lowest BCUT2D eigenvalue weighted by atomic mass is 10.0. The van der Waals surface area contributed by atoms with Crippen LogP contribution in [-0.2, 0) is 20.8 Å². The molecule has 1 fully saturated rings. The first-order valence-corrected chi connectivity index (χ1v) is 13.3. The Hall–Kier alpha value is -3.01. The van der Waals surface area contributed by atoms with Crippen LogP contribution in [0.15, 0.2) is 87.6 Å². The zero-order chi connectivity index (χ0) is 23.7. The van der Waals surface area contributed by atoms with E-state index in [0.29, 0.717) is 10.7 Å². The summed E-state index contributed by atoms with van der Waals surface area (Å²) >= 11 is 4.49. The molecule has 0 radical (unpaired) electrons. The molecule has 6 nitrogen and oxygen atoms in total. The molecule has 0 bridgehead atoms. The van der Waals surface area contributed by atoms with Gasteiger partial charge in [-0.3, -0.25) is 14.5 Å². The minimum absolute atomic E-state index is 0.00768. The maximum absolute atomic E-state index is 12.9. The van der Waals surface area contributed by atoms with Gasteiger partial charge in [-0.15, -0.1) is 23.1 Å². The first-order valence-electron chi connectivity index (χ1n) is 10.6. The molecule has 2 atom stereocenters. The fourth-order valence-electron chi connectivity index (χ4n) is 4.00. The summed E-state index contributed by atoms with van der Waals surface area (Å²) in [7, 11) is 0. The van der Waals surface area contributed by atoms with Crippen LogP contribution in [0.25, 0.3) is 10.4 Å². The fraction of sp³-hybridized carbons (Fsp3) is 0.160. The Morgan fingerprint density at radius 1 is 1.06 bits per heavy atom. The quantitative estimate of drug-likeness (QED) is 0.459. The van der Waals surface area contributed by atoms with Gasteiger partial charge in [-0.25, -0.2) is 4.79 Å². The monoisotopic (exact) mass is 508 g/mol. The van der Waals surface area contributed by atoms with E-state index >= 15 is 0 Å². The van der Waals surface area contributed by atoms with E-state index in [1.54, 1.807) is 11.3 Å². The molecule has 34 heavy (non-hydrogen) atoms. The molecular weight excluding hydrogens is 488 g/mol. The average molecular weight is 509 g/mol. The number of carbonyl (C=O) groups is 3. The van der Waals surface area contributed by atoms with Crippen LogP contribution < -0.4 is 5.32 Å². The number of carboxylic acids is 1. The van der Waals surface area contributed by atoms with Crippen molar-refractivity contribution < 1.29 is 19.5 Å². The van der Waals surface area contributed by atoms with E-state index in [1.807, 2.05) is 72.1 Å². The molecule has 1 saturated heterocycles. The number of carboxylic acid groups (broad SMARTS) is 1. The normalized spacial score (nSPS) is 19.4. The Labute approximate surface area is 209 Å². The Kier molecular flexibility index (Phi) is 6.49. The van der Waals surface area contributed by atoms with E-state index in [1.165, 1.54) is 28.4 Å². The highest BCUT2D eigenvalue weighted by Crippen LogP contribution is 2.47. The van der Waals surface area contributed by atoms with Crippen molar-refractivity contribution in [3.8, 4) is 10.4 Å². The summed E-state index contributed by atoms with van der Waals surface area (Å²) in [6, 6.07) is 20.4. The van der Waals surface area contributed by atoms with E-state index in [9.17, 15) is 19.5 Å². The number of aliphatic carboxylic acids is 1. The Morgan fingerprint density at radius 2 is 1.82 bits per heavy atom. The number of nitrogens with one attached hydrogen (secondary N) is 1. The lowest BCUT2D eigenvalue weighted by Crippen LogP contribution is -2.70. The Balaban J connectivity index is 1.35. The number of thioether (sulfide) groups is 2. The summed E-state index contributed by atoms with van der Waals surface area (Å²) in [5.41, 5.74) is 1.90. The second kappa shape index (κ2) is 9.69. The molecule has 0 aliphatic carbocycles. The maximum Gasteiger partial charge on any atom is 0.353 e. The third-order valence-electron chi connectivity index (χ3n) is 5.57. The van der Waals surface area contributed by atoms with Crippen molar-refractivity contribution in [1.29, 1.82) is 0 Å². The lowest BCUT2D eigenvalue weighted by Gasteiger charge is -2.49. The predicted octanol–water partition coefficient (Wildman–Crippen LogP) is 4.45. The molecule has 5 rings (SSSR count). The summed E-state index contributed by atoms with van der Waals surface area (Å²) in [5.74, 6) is -1.33. The fourth-order valence-corrected chi connectivity index (χ4v) is 7.45. The standard InChI is InChI=1S/C25H20N2O4S3/c28-20(13-15-7-2-1-3-8-15)26-21-23(29)27-22(25(30)31)19(14-33-24(21)27)34-18-10-5-4-9-16(18)17-11-6-12-32-17/h1-12,21,24H,13-14H2,(H,26,28)(H,30,31)/t21-,24+/m1/s1. The van der Waals surface area contributed by atoms with Gasteiger partial charge in [0.1, 0.15) is 17.1 Å². The molecule has 2 aromatic carbocycles. The van der Waals surface area contributed by atoms with Crippen LogP contribution in [-0.4, -0.2) is 45.0 Å². The molecule has 2 aliphatic heterocycles. The van der Waals surface area contributed by atoms with Crippen molar-refractivity contribution in [2.75, 3.05) is 5.75 Å². The molecule has 2 amide bonds. The summed E-state index contributed by atoms with van der Waals surface area (Å²) < 4.78 is 0. The minimum atomic E-state index is -1.14. The summed E-state index contributed by atoms with van der Waals surface area (Å²) in [6.07, 6.45) is 0.171. The number of carbonyl (C=O) groups excluding carboxylic acids is 2. The van der Waals surface area contributed by atoms with Crippen LogP contribution in [0.4, 0.5) is 0 Å². The second-order valence-electron chi connectivity index (χ2n) is 7.77. The van der Waals surface area contributed by atoms with Crippen LogP contribution in [0.2, 0.25) is 0 Å². The number of thiophene rings is 1. The molecule has 1 aromatic heterocycles. The first kappa shape index (κ1) is 22.8. The summed E-state index contributed by atoms with van der Waals surface area (Å²) in [4.78, 5) is 41.6. The number of β-lactam (4-membered cyclic amide) rings is 1. The van der Waals surface area contributed by atoms with Crippen molar-refractivity contribution in [3.05, 3.63) is 88.3 Å². The van der Waals surface area contributed by atoms with Crippen molar-refractivity contribution in [2.45, 2.75) is 22.7 Å². The number of nitrogens with zero attached hydrogens (tertiary/aromatic N) is 1. The first-order chi connectivity index (χ1) is 16.5. The van der Waals surface area contributed by atoms with Gasteiger partial charge in [0.15, 0.2) is 0 Å². The van der Waals surface area contributed by atoms with Crippen LogP contribution in [0.3, 0.4) is 0 Å². The van der Waals surface area contributed by atoms with Gasteiger partial charge in [-0.05, 0) is 23.1 Å². The van der Waals surface area contributed by atoms with Gasteiger partial charge in [0.05, 0.1) is 6.42 Å². The average Bonchev–Trinajstić information content (AvgIpc) is 3.38. The molecule has 2 aliphatic rings. The van der Waals surface area contributed by atoms with Gasteiger partial charge < -0.3 is 10.4 Å². The third kappa shape index (κ3) is 4.38. The molecule has 9 heteroatoms. The van der Waals surface area contributed by atoms with Gasteiger partial charge in [-0.2, -0.15) is 0 Å². The zero-order valence-corrected chi connectivity index (χ0v) is 20.3. The zero-order valence-electron chi connectivity index (χ0n) is 17.8. The highest BCUT2D eigenvalue weighted by molar-refractivity contribution is 8.06. The van der Waals surface area contributed by atoms with E-state index in [4.69, 9.17) is 0 Å². The Morgan fingerprint density at radius 3 is 2.56 bits per heavy atom. The second-order valence-corrected chi connectivity index (χ2v) is 11.0. The van der Waals surface area contributed by atoms with E-state index in [-0.39, 0.29) is 23.9 Å². The number of benzene rings is 2. The molecule has 3 aromatic rings. The largest absolute Gasteiger partial charge is 0.477 e. The van der Waals surface area contributed by atoms with Gasteiger partial charge in [0, 0.05) is 26.0 Å². The smallest absolute Gasteiger partial charge is 0.353 e. The van der Waals surface area contributed by atoms with E-state index < -0.39 is 17.4 Å². The van der Waals surface area contributed by atoms with Gasteiger partial charge in [0.25, 0.3) is 5.91 Å². The number of hydrogen-bond donors (Lipinski definition) is 2. The topological polar surface area (TPSA) is 86.7 Å². The van der Waals surface area contributed by atoms with Crippen LogP contribution in [0, 0.1) is 0 Å². The molecule has 0 saturated carbocycles. The summed E-state index contributed by atoms with van der Waals surface area (Å²) in [6.45, 7) is 0. The number of hydrogen-bond acceptors (Lipinski definition) is 6. The van der Waals surface area contributed by atoms with Gasteiger partial charge in [-0.1, -0.05) is 66.4 Å².